The number of rotatable bonds is 8. The summed E-state index contributed by atoms with van der Waals surface area (Å²) < 4.78 is 50.9. The van der Waals surface area contributed by atoms with Crippen molar-refractivity contribution < 1.29 is 61.4 Å². The molecular weight excluding hydrogens is 491 g/mol. The van der Waals surface area contributed by atoms with E-state index in [1.54, 1.807) is 0 Å². The summed E-state index contributed by atoms with van der Waals surface area (Å²) in [5, 5.41) is 20.2. The summed E-state index contributed by atoms with van der Waals surface area (Å²) in [6.45, 7) is -1.06. The zero-order valence-electron chi connectivity index (χ0n) is 14.9. The van der Waals surface area contributed by atoms with Crippen LogP contribution in [0.15, 0.2) is 11.0 Å². The normalized spacial score (nSPS) is 27.9. The summed E-state index contributed by atoms with van der Waals surface area (Å²) in [6.07, 6.45) is -0.559. The van der Waals surface area contributed by atoms with Crippen LogP contribution in [0.3, 0.4) is 0 Å². The fourth-order valence-electron chi connectivity index (χ4n) is 2.34. The Morgan fingerprint density at radius 2 is 1.77 bits per heavy atom. The minimum Gasteiger partial charge on any atom is -0.387 e. The molecule has 0 bridgehead atoms. The second-order valence-corrected chi connectivity index (χ2v) is 10.2. The first-order valence-corrected chi connectivity index (χ1v) is 12.2. The Morgan fingerprint density at radius 1 is 1.16 bits per heavy atom. The summed E-state index contributed by atoms with van der Waals surface area (Å²) in [5.41, 5.74) is 4.41. The van der Waals surface area contributed by atoms with Gasteiger partial charge in [0.2, 0.25) is 0 Å². The molecule has 0 aliphatic carbocycles. The molecule has 0 radical (unpaired) electrons. The van der Waals surface area contributed by atoms with E-state index in [9.17, 15) is 33.6 Å². The molecule has 1 aromatic heterocycles. The van der Waals surface area contributed by atoms with E-state index in [4.69, 9.17) is 31.6 Å². The van der Waals surface area contributed by atoms with Gasteiger partial charge in [-0.25, -0.2) is 18.5 Å². The molecule has 2 rings (SSSR count). The number of phosphoric ester groups is 1. The molecule has 1 aliphatic rings. The van der Waals surface area contributed by atoms with E-state index in [1.807, 2.05) is 0 Å². The van der Waals surface area contributed by atoms with Crippen LogP contribution in [0.1, 0.15) is 11.8 Å². The van der Waals surface area contributed by atoms with Gasteiger partial charge in [-0.15, -0.1) is 6.42 Å². The Morgan fingerprint density at radius 3 is 2.32 bits per heavy atom. The molecule has 1 fully saturated rings. The number of nitrogens with zero attached hydrogens (tertiary/aromatic N) is 2. The zero-order chi connectivity index (χ0) is 23.8. The van der Waals surface area contributed by atoms with E-state index in [0.717, 1.165) is 6.20 Å². The van der Waals surface area contributed by atoms with Crippen LogP contribution >= 0.6 is 23.5 Å². The van der Waals surface area contributed by atoms with Crippen LogP contribution in [0.2, 0.25) is 0 Å². The van der Waals surface area contributed by atoms with Crippen LogP contribution in [-0.2, 0) is 31.6 Å². The first kappa shape index (κ1) is 25.8. The summed E-state index contributed by atoms with van der Waals surface area (Å²) in [5.74, 6) is 1.85. The molecule has 174 valence electrons. The Labute approximate surface area is 172 Å². The lowest BCUT2D eigenvalue weighted by atomic mass is 10.1. The summed E-state index contributed by atoms with van der Waals surface area (Å²) in [4.78, 5) is 50.9. The smallest absolute Gasteiger partial charge is 0.387 e. The molecule has 0 aromatic carbocycles. The number of aliphatic hydroxyl groups is 2. The first-order valence-electron chi connectivity index (χ1n) is 7.70. The highest BCUT2D eigenvalue weighted by Gasteiger charge is 2.46. The second-order valence-electron chi connectivity index (χ2n) is 5.81. The Balaban J connectivity index is 2.12. The van der Waals surface area contributed by atoms with E-state index >= 15 is 0 Å². The average molecular weight is 507 g/mol. The second kappa shape index (κ2) is 9.18. The third-order valence-corrected chi connectivity index (χ3v) is 7.37. The van der Waals surface area contributed by atoms with Crippen LogP contribution in [0, 0.1) is 12.3 Å². The van der Waals surface area contributed by atoms with Crippen molar-refractivity contribution in [3.05, 3.63) is 22.2 Å². The number of phosphoric acid groups is 3. The molecule has 17 nitrogen and oxygen atoms in total. The van der Waals surface area contributed by atoms with Crippen molar-refractivity contribution in [2.75, 3.05) is 12.3 Å². The molecule has 3 unspecified atom stereocenters. The van der Waals surface area contributed by atoms with Crippen molar-refractivity contribution in [1.29, 1.82) is 0 Å². The topological polar surface area (TPSA) is 270 Å². The third-order valence-electron chi connectivity index (χ3n) is 3.57. The number of hydrogen-bond donors (Lipinski definition) is 7. The number of terminal acetylenes is 1. The van der Waals surface area contributed by atoms with Gasteiger partial charge in [-0.3, -0.25) is 9.09 Å². The predicted octanol–water partition coefficient (Wildman–Crippen LogP) is -2.23. The van der Waals surface area contributed by atoms with Gasteiger partial charge in [0.15, 0.2) is 6.23 Å². The third kappa shape index (κ3) is 6.75. The predicted molar refractivity (Wildman–Crippen MR) is 96.6 cm³/mol. The number of aromatic nitrogens is 2. The SMILES string of the molecule is C#Cc1cn([C@@H]2O[C@H](COP(=O)(O)OP(=O)(O)OP(=O)(O)O)C(O)[C@@H]2O)c(=O)nc1N. The fraction of sp³-hybridized carbons (Fsp3) is 0.455. The molecule has 8 N–H and O–H groups in total. The highest BCUT2D eigenvalue weighted by atomic mass is 31.3. The molecule has 0 spiro atoms. The summed E-state index contributed by atoms with van der Waals surface area (Å²) >= 11 is 0. The van der Waals surface area contributed by atoms with Crippen LogP contribution in [0.5, 0.6) is 0 Å². The molecule has 2 heterocycles. The number of anilines is 1. The Hall–Kier alpha value is -1.47. The Bertz CT molecular complexity index is 1080. The standard InChI is InChI=1S/C11H16N3O14P3/c1-2-5-3-14(11(17)13-9(5)12)10-8(16)7(15)6(26-10)4-25-30(21,22)28-31(23,24)27-29(18,19)20/h1,3,6-8,10,15-16H,4H2,(H,21,22)(H,23,24)(H2,12,13,17)(H2,18,19,20)/t6-,7?,8+,10-/m1/s1. The Kier molecular flexibility index (Phi) is 7.64. The van der Waals surface area contributed by atoms with E-state index in [2.05, 4.69) is 24.0 Å². The lowest BCUT2D eigenvalue weighted by molar-refractivity contribution is -0.0541. The lowest BCUT2D eigenvalue weighted by Crippen LogP contribution is -2.36. The van der Waals surface area contributed by atoms with Crippen molar-refractivity contribution in [2.45, 2.75) is 24.5 Å². The van der Waals surface area contributed by atoms with Gasteiger partial charge >= 0.3 is 29.2 Å². The molecule has 0 amide bonds. The van der Waals surface area contributed by atoms with Crippen LogP contribution in [-0.4, -0.2) is 64.3 Å². The van der Waals surface area contributed by atoms with Crippen molar-refractivity contribution in [3.63, 3.8) is 0 Å². The van der Waals surface area contributed by atoms with Gasteiger partial charge < -0.3 is 40.3 Å². The molecule has 1 aromatic rings. The van der Waals surface area contributed by atoms with E-state index in [1.165, 1.54) is 0 Å². The summed E-state index contributed by atoms with van der Waals surface area (Å²) in [6, 6.07) is 0. The molecular formula is C11H16N3O14P3. The van der Waals surface area contributed by atoms with Gasteiger partial charge in [0, 0.05) is 6.20 Å². The van der Waals surface area contributed by atoms with E-state index < -0.39 is 60.3 Å². The molecule has 1 saturated heterocycles. The van der Waals surface area contributed by atoms with Crippen LogP contribution < -0.4 is 11.4 Å². The number of nitrogen functional groups attached to an aromatic ring is 1. The number of nitrogens with two attached hydrogens (primary N) is 1. The molecule has 6 atom stereocenters. The number of aliphatic hydroxyl groups excluding tert-OH is 2. The molecule has 1 aliphatic heterocycles. The van der Waals surface area contributed by atoms with Crippen molar-refractivity contribution in [3.8, 4) is 12.3 Å². The van der Waals surface area contributed by atoms with Gasteiger partial charge in [-0.05, 0) is 0 Å². The van der Waals surface area contributed by atoms with Crippen molar-refractivity contribution in [2.24, 2.45) is 0 Å². The van der Waals surface area contributed by atoms with Gasteiger partial charge in [0.1, 0.15) is 24.1 Å². The highest BCUT2D eigenvalue weighted by Crippen LogP contribution is 2.66. The maximum atomic E-state index is 12.0. The van der Waals surface area contributed by atoms with E-state index in [0.29, 0.717) is 4.57 Å². The first-order chi connectivity index (χ1) is 14.1. The van der Waals surface area contributed by atoms with Gasteiger partial charge in [0.05, 0.1) is 12.2 Å². The quantitative estimate of drug-likeness (QED) is 0.145. The zero-order valence-corrected chi connectivity index (χ0v) is 17.6. The van der Waals surface area contributed by atoms with E-state index in [-0.39, 0.29) is 11.4 Å². The maximum absolute atomic E-state index is 12.0. The molecule has 0 saturated carbocycles. The largest absolute Gasteiger partial charge is 0.490 e. The van der Waals surface area contributed by atoms with Crippen molar-refractivity contribution >= 4 is 29.3 Å². The molecule has 20 heteroatoms. The molecule has 31 heavy (non-hydrogen) atoms. The lowest BCUT2D eigenvalue weighted by Gasteiger charge is -2.19. The average Bonchev–Trinajstić information content (AvgIpc) is 2.85. The van der Waals surface area contributed by atoms with Gasteiger partial charge in [0.25, 0.3) is 0 Å². The number of hydrogen-bond acceptors (Lipinski definition) is 12. The van der Waals surface area contributed by atoms with Gasteiger partial charge in [-0.1, -0.05) is 5.92 Å². The minimum absolute atomic E-state index is 0.0402. The van der Waals surface area contributed by atoms with Gasteiger partial charge in [-0.2, -0.15) is 13.6 Å². The van der Waals surface area contributed by atoms with Crippen LogP contribution in [0.25, 0.3) is 0 Å². The van der Waals surface area contributed by atoms with Crippen molar-refractivity contribution in [1.82, 2.24) is 9.55 Å². The minimum atomic E-state index is -5.74. The monoisotopic (exact) mass is 507 g/mol. The number of ether oxygens (including phenoxy) is 1. The highest BCUT2D eigenvalue weighted by molar-refractivity contribution is 7.66. The maximum Gasteiger partial charge on any atom is 0.490 e. The van der Waals surface area contributed by atoms with Crippen LogP contribution in [0.4, 0.5) is 5.82 Å². The summed E-state index contributed by atoms with van der Waals surface area (Å²) in [7, 11) is -16.8. The fourth-order valence-corrected chi connectivity index (χ4v) is 5.37.